The second-order valence-electron chi connectivity index (χ2n) is 7.46. The van der Waals surface area contributed by atoms with Crippen molar-refractivity contribution >= 4 is 5.84 Å². The number of hydrogen-bond acceptors (Lipinski definition) is 3. The molecule has 0 amide bonds. The topological polar surface area (TPSA) is 35.8 Å². The van der Waals surface area contributed by atoms with Gasteiger partial charge in [-0.1, -0.05) is 76.9 Å². The van der Waals surface area contributed by atoms with Crippen molar-refractivity contribution < 1.29 is 5.11 Å². The summed E-state index contributed by atoms with van der Waals surface area (Å²) in [5, 5.41) is 9.68. The minimum Gasteiger partial charge on any atom is -0.374 e. The highest BCUT2D eigenvalue weighted by atomic mass is 16.3. The summed E-state index contributed by atoms with van der Waals surface area (Å²) in [6.07, 6.45) is 22.9. The van der Waals surface area contributed by atoms with Crippen LogP contribution in [-0.4, -0.2) is 35.2 Å². The molecule has 1 atom stereocenters. The molecular formula is C22H42N2O. The van der Waals surface area contributed by atoms with Gasteiger partial charge < -0.3 is 10.0 Å². The number of aliphatic hydroxyl groups is 1. The second-order valence-corrected chi connectivity index (χ2v) is 7.46. The van der Waals surface area contributed by atoms with Gasteiger partial charge in [0, 0.05) is 13.0 Å². The molecule has 0 aliphatic carbocycles. The van der Waals surface area contributed by atoms with Crippen LogP contribution in [0.1, 0.15) is 104 Å². The highest BCUT2D eigenvalue weighted by molar-refractivity contribution is 5.83. The molecule has 1 aliphatic heterocycles. The molecule has 1 N–H and O–H groups in total. The Morgan fingerprint density at radius 3 is 2.08 bits per heavy atom. The van der Waals surface area contributed by atoms with Crippen molar-refractivity contribution in [2.45, 2.75) is 110 Å². The average molecular weight is 351 g/mol. The van der Waals surface area contributed by atoms with Gasteiger partial charge >= 0.3 is 0 Å². The quantitative estimate of drug-likeness (QED) is 0.270. The molecule has 0 fully saturated rings. The molecular weight excluding hydrogens is 308 g/mol. The van der Waals surface area contributed by atoms with Crippen LogP contribution in [0.25, 0.3) is 0 Å². The molecule has 1 rings (SSSR count). The maximum absolute atomic E-state index is 9.68. The van der Waals surface area contributed by atoms with Crippen molar-refractivity contribution in [1.29, 1.82) is 0 Å². The van der Waals surface area contributed by atoms with Crippen LogP contribution in [0.3, 0.4) is 0 Å². The van der Waals surface area contributed by atoms with E-state index < -0.39 is 6.23 Å². The monoisotopic (exact) mass is 350 g/mol. The lowest BCUT2D eigenvalue weighted by atomic mass is 10.1. The molecule has 1 aliphatic rings. The maximum Gasteiger partial charge on any atom is 0.125 e. The van der Waals surface area contributed by atoms with Crippen molar-refractivity contribution in [3.63, 3.8) is 0 Å². The van der Waals surface area contributed by atoms with E-state index >= 15 is 0 Å². The molecule has 0 bridgehead atoms. The zero-order valence-corrected chi connectivity index (χ0v) is 16.9. The number of nitrogens with zero attached hydrogens (tertiary/aromatic N) is 2. The molecule has 25 heavy (non-hydrogen) atoms. The van der Waals surface area contributed by atoms with Gasteiger partial charge in [0.25, 0.3) is 0 Å². The molecule has 1 unspecified atom stereocenters. The first kappa shape index (κ1) is 22.2. The Labute approximate surface area is 156 Å². The first-order valence-corrected chi connectivity index (χ1v) is 10.9. The Hall–Kier alpha value is -0.830. The van der Waals surface area contributed by atoms with Crippen LogP contribution >= 0.6 is 0 Å². The van der Waals surface area contributed by atoms with E-state index in [0.29, 0.717) is 0 Å². The zero-order chi connectivity index (χ0) is 18.2. The second kappa shape index (κ2) is 15.4. The highest BCUT2D eigenvalue weighted by Gasteiger charge is 2.19. The fraction of sp³-hybridized carbons (Fsp3) is 0.864. The minimum absolute atomic E-state index is 0.395. The van der Waals surface area contributed by atoms with E-state index in [-0.39, 0.29) is 0 Å². The van der Waals surface area contributed by atoms with Crippen LogP contribution in [0, 0.1) is 0 Å². The Bertz CT molecular complexity index is 363. The Balaban J connectivity index is 1.84. The van der Waals surface area contributed by atoms with E-state index in [2.05, 4.69) is 24.1 Å². The summed E-state index contributed by atoms with van der Waals surface area (Å²) < 4.78 is 0. The van der Waals surface area contributed by atoms with Crippen LogP contribution in [0.15, 0.2) is 17.1 Å². The normalized spacial score (nSPS) is 16.0. The van der Waals surface area contributed by atoms with Crippen LogP contribution in [0.5, 0.6) is 0 Å². The summed E-state index contributed by atoms with van der Waals surface area (Å²) in [5.74, 6) is 1.10. The van der Waals surface area contributed by atoms with Gasteiger partial charge in [-0.25, -0.2) is 0 Å². The lowest BCUT2D eigenvalue weighted by molar-refractivity contribution is 0.0766. The highest BCUT2D eigenvalue weighted by Crippen LogP contribution is 2.13. The lowest BCUT2D eigenvalue weighted by Gasteiger charge is -2.23. The smallest absolute Gasteiger partial charge is 0.125 e. The van der Waals surface area contributed by atoms with Gasteiger partial charge in [-0.15, -0.1) is 0 Å². The van der Waals surface area contributed by atoms with Gasteiger partial charge in [-0.2, -0.15) is 0 Å². The van der Waals surface area contributed by atoms with Gasteiger partial charge in [0.15, 0.2) is 0 Å². The van der Waals surface area contributed by atoms with Gasteiger partial charge in [-0.3, -0.25) is 4.99 Å². The molecule has 146 valence electrons. The summed E-state index contributed by atoms with van der Waals surface area (Å²) in [7, 11) is 0. The summed E-state index contributed by atoms with van der Waals surface area (Å²) in [5.41, 5.74) is 0. The van der Waals surface area contributed by atoms with Crippen molar-refractivity contribution in [2.75, 3.05) is 13.1 Å². The van der Waals surface area contributed by atoms with Gasteiger partial charge in [0.2, 0.25) is 0 Å². The molecule has 0 aromatic rings. The Morgan fingerprint density at radius 2 is 1.48 bits per heavy atom. The summed E-state index contributed by atoms with van der Waals surface area (Å²) >= 11 is 0. The zero-order valence-electron chi connectivity index (χ0n) is 16.9. The fourth-order valence-electron chi connectivity index (χ4n) is 3.50. The molecule has 0 aromatic carbocycles. The number of amidine groups is 1. The molecule has 0 aromatic heterocycles. The third kappa shape index (κ3) is 11.4. The molecule has 0 spiro atoms. The van der Waals surface area contributed by atoms with Crippen LogP contribution in [-0.2, 0) is 0 Å². The Morgan fingerprint density at radius 1 is 0.920 bits per heavy atom. The maximum atomic E-state index is 9.68. The van der Waals surface area contributed by atoms with E-state index in [1.54, 1.807) is 0 Å². The third-order valence-electron chi connectivity index (χ3n) is 5.08. The van der Waals surface area contributed by atoms with Crippen molar-refractivity contribution in [3.8, 4) is 0 Å². The summed E-state index contributed by atoms with van der Waals surface area (Å²) in [6, 6.07) is 0. The Kier molecular flexibility index (Phi) is 13.7. The van der Waals surface area contributed by atoms with Gasteiger partial charge in [0.1, 0.15) is 12.1 Å². The first-order valence-electron chi connectivity index (χ1n) is 10.9. The standard InChI is InChI=1S/C22H42N2O/c1-3-4-5-6-7-8-9-10-11-12-13-14-15-16-17-18-22-23-19-20-24(22)21(2)25/h14-15,21,25H,3-13,16-20H2,1-2H3/b15-14+. The lowest BCUT2D eigenvalue weighted by Crippen LogP contribution is -2.35. The fourth-order valence-corrected chi connectivity index (χ4v) is 3.50. The largest absolute Gasteiger partial charge is 0.374 e. The summed E-state index contributed by atoms with van der Waals surface area (Å²) in [4.78, 5) is 6.52. The number of allylic oxidation sites excluding steroid dienone is 2. The van der Waals surface area contributed by atoms with Gasteiger partial charge in [-0.05, 0) is 32.6 Å². The number of aliphatic imine (C=N–C) groups is 1. The number of hydrogen-bond donors (Lipinski definition) is 1. The minimum atomic E-state index is -0.395. The molecule has 3 heteroatoms. The van der Waals surface area contributed by atoms with Crippen LogP contribution < -0.4 is 0 Å². The molecule has 3 nitrogen and oxygen atoms in total. The summed E-state index contributed by atoms with van der Waals surface area (Å²) in [6.45, 7) is 5.83. The molecule has 1 heterocycles. The predicted octanol–water partition coefficient (Wildman–Crippen LogP) is 6.08. The number of rotatable bonds is 16. The molecule has 0 saturated carbocycles. The van der Waals surface area contributed by atoms with Crippen molar-refractivity contribution in [2.24, 2.45) is 4.99 Å². The van der Waals surface area contributed by atoms with Crippen molar-refractivity contribution in [3.05, 3.63) is 12.2 Å². The first-order chi connectivity index (χ1) is 12.3. The van der Waals surface area contributed by atoms with Gasteiger partial charge in [0.05, 0.1) is 6.54 Å². The number of unbranched alkanes of at least 4 members (excludes halogenated alkanes) is 11. The van der Waals surface area contributed by atoms with Crippen LogP contribution in [0.2, 0.25) is 0 Å². The molecule has 0 saturated heterocycles. The van der Waals surface area contributed by atoms with Crippen molar-refractivity contribution in [1.82, 2.24) is 4.90 Å². The predicted molar refractivity (Wildman–Crippen MR) is 110 cm³/mol. The third-order valence-corrected chi connectivity index (χ3v) is 5.08. The van der Waals surface area contributed by atoms with Crippen LogP contribution in [0.4, 0.5) is 0 Å². The number of aliphatic hydroxyl groups excluding tert-OH is 1. The SMILES string of the molecule is CCCCCCCCCCCC/C=C/CCCC1=NCCN1C(C)O. The van der Waals surface area contributed by atoms with E-state index in [9.17, 15) is 5.11 Å². The van der Waals surface area contributed by atoms with E-state index in [0.717, 1.165) is 38.2 Å². The van der Waals surface area contributed by atoms with E-state index in [1.807, 2.05) is 11.8 Å². The van der Waals surface area contributed by atoms with E-state index in [4.69, 9.17) is 0 Å². The average Bonchev–Trinajstić information content (AvgIpc) is 3.07. The van der Waals surface area contributed by atoms with E-state index in [1.165, 1.54) is 70.6 Å². The molecule has 0 radical (unpaired) electrons.